The fraction of sp³-hybridized carbons (Fsp3) is 0.556. The molecule has 0 saturated carbocycles. The average Bonchev–Trinajstić information content (AvgIpc) is 2.62. The second kappa shape index (κ2) is 6.02. The Kier molecular flexibility index (Phi) is 4.62. The van der Waals surface area contributed by atoms with Crippen LogP contribution in [0.3, 0.4) is 0 Å². The van der Waals surface area contributed by atoms with Gasteiger partial charge in [0.2, 0.25) is 5.91 Å². The monoisotopic (exact) mass is 213 g/mol. The highest BCUT2D eigenvalue weighted by Crippen LogP contribution is 2.05. The first-order valence-corrected chi connectivity index (χ1v) is 4.65. The molecule has 0 aliphatic heterocycles. The summed E-state index contributed by atoms with van der Waals surface area (Å²) >= 11 is 0. The maximum atomic E-state index is 11.2. The van der Waals surface area contributed by atoms with Crippen LogP contribution in [0, 0.1) is 6.92 Å². The first-order chi connectivity index (χ1) is 7.22. The van der Waals surface area contributed by atoms with Gasteiger partial charge in [-0.25, -0.2) is 0 Å². The highest BCUT2D eigenvalue weighted by atomic mass is 16.5. The van der Waals surface area contributed by atoms with Gasteiger partial charge in [0.1, 0.15) is 5.76 Å². The number of nitrogens with one attached hydrogen (secondary N) is 2. The van der Waals surface area contributed by atoms with E-state index in [0.717, 1.165) is 0 Å². The Morgan fingerprint density at radius 3 is 3.07 bits per heavy atom. The van der Waals surface area contributed by atoms with Gasteiger partial charge in [-0.1, -0.05) is 5.16 Å². The number of hydrogen-bond acceptors (Lipinski definition) is 5. The SMILES string of the molecule is COCCNC(=O)CNc1cc(C)on1. The first-order valence-electron chi connectivity index (χ1n) is 4.65. The fourth-order valence-corrected chi connectivity index (χ4v) is 0.976. The topological polar surface area (TPSA) is 76.4 Å². The Labute approximate surface area is 88.0 Å². The second-order valence-corrected chi connectivity index (χ2v) is 3.02. The summed E-state index contributed by atoms with van der Waals surface area (Å²) in [7, 11) is 1.59. The van der Waals surface area contributed by atoms with Crippen LogP contribution in [0.4, 0.5) is 5.82 Å². The lowest BCUT2D eigenvalue weighted by Crippen LogP contribution is -2.32. The molecule has 0 unspecified atom stereocenters. The molecule has 0 spiro atoms. The number of rotatable bonds is 6. The molecule has 0 saturated heterocycles. The number of aromatic nitrogens is 1. The molecule has 6 heteroatoms. The molecule has 2 N–H and O–H groups in total. The Hall–Kier alpha value is -1.56. The number of carbonyl (C=O) groups excluding carboxylic acids is 1. The molecule has 0 aromatic carbocycles. The molecule has 1 amide bonds. The van der Waals surface area contributed by atoms with E-state index in [4.69, 9.17) is 9.26 Å². The maximum absolute atomic E-state index is 11.2. The third-order valence-electron chi connectivity index (χ3n) is 1.69. The van der Waals surface area contributed by atoms with Crippen molar-refractivity contribution in [2.45, 2.75) is 6.92 Å². The zero-order chi connectivity index (χ0) is 11.1. The van der Waals surface area contributed by atoms with Crippen molar-refractivity contribution >= 4 is 11.7 Å². The van der Waals surface area contributed by atoms with Crippen LogP contribution < -0.4 is 10.6 Å². The molecule has 1 rings (SSSR count). The molecule has 0 aliphatic rings. The van der Waals surface area contributed by atoms with E-state index in [-0.39, 0.29) is 12.5 Å². The van der Waals surface area contributed by atoms with Crippen molar-refractivity contribution < 1.29 is 14.1 Å². The Morgan fingerprint density at radius 1 is 1.67 bits per heavy atom. The molecular weight excluding hydrogens is 198 g/mol. The number of methoxy groups -OCH3 is 1. The van der Waals surface area contributed by atoms with Crippen LogP contribution in [0.15, 0.2) is 10.6 Å². The predicted molar refractivity (Wildman–Crippen MR) is 54.6 cm³/mol. The molecule has 0 bridgehead atoms. The van der Waals surface area contributed by atoms with Crippen LogP contribution in [0.5, 0.6) is 0 Å². The normalized spacial score (nSPS) is 10.0. The van der Waals surface area contributed by atoms with E-state index in [1.807, 2.05) is 0 Å². The summed E-state index contributed by atoms with van der Waals surface area (Å²) in [5.41, 5.74) is 0. The molecule has 15 heavy (non-hydrogen) atoms. The van der Waals surface area contributed by atoms with Crippen LogP contribution in [0.2, 0.25) is 0 Å². The molecule has 1 aromatic heterocycles. The summed E-state index contributed by atoms with van der Waals surface area (Å²) in [6.45, 7) is 2.98. The summed E-state index contributed by atoms with van der Waals surface area (Å²) in [4.78, 5) is 11.2. The zero-order valence-corrected chi connectivity index (χ0v) is 8.87. The molecule has 0 fully saturated rings. The lowest BCUT2D eigenvalue weighted by molar-refractivity contribution is -0.119. The second-order valence-electron chi connectivity index (χ2n) is 3.02. The van der Waals surface area contributed by atoms with Gasteiger partial charge in [-0.2, -0.15) is 0 Å². The molecule has 0 atom stereocenters. The number of ether oxygens (including phenoxy) is 1. The molecule has 0 aliphatic carbocycles. The van der Waals surface area contributed by atoms with Crippen LogP contribution in [-0.4, -0.2) is 37.9 Å². The number of amides is 1. The Bertz CT molecular complexity index is 311. The number of anilines is 1. The Morgan fingerprint density at radius 2 is 2.47 bits per heavy atom. The summed E-state index contributed by atoms with van der Waals surface area (Å²) in [5.74, 6) is 1.17. The van der Waals surface area contributed by atoms with Gasteiger partial charge in [-0.05, 0) is 6.92 Å². The van der Waals surface area contributed by atoms with Gasteiger partial charge >= 0.3 is 0 Å². The lowest BCUT2D eigenvalue weighted by Gasteiger charge is -2.04. The molecule has 1 heterocycles. The van der Waals surface area contributed by atoms with E-state index in [1.165, 1.54) is 0 Å². The summed E-state index contributed by atoms with van der Waals surface area (Å²) in [6, 6.07) is 1.72. The number of carbonyl (C=O) groups is 1. The summed E-state index contributed by atoms with van der Waals surface area (Å²) in [6.07, 6.45) is 0. The third kappa shape index (κ3) is 4.46. The van der Waals surface area contributed by atoms with Crippen LogP contribution in [0.25, 0.3) is 0 Å². The number of aryl methyl sites for hydroxylation is 1. The smallest absolute Gasteiger partial charge is 0.239 e. The third-order valence-corrected chi connectivity index (χ3v) is 1.69. The van der Waals surface area contributed by atoms with Gasteiger partial charge in [0.05, 0.1) is 13.2 Å². The average molecular weight is 213 g/mol. The zero-order valence-electron chi connectivity index (χ0n) is 8.87. The van der Waals surface area contributed by atoms with E-state index in [1.54, 1.807) is 20.1 Å². The highest BCUT2D eigenvalue weighted by Gasteiger charge is 2.02. The van der Waals surface area contributed by atoms with Gasteiger partial charge in [0.25, 0.3) is 0 Å². The van der Waals surface area contributed by atoms with Gasteiger partial charge in [-0.15, -0.1) is 0 Å². The van der Waals surface area contributed by atoms with Crippen molar-refractivity contribution in [2.75, 3.05) is 32.1 Å². The predicted octanol–water partition coefficient (Wildman–Crippen LogP) is 0.158. The number of nitrogens with zero attached hydrogens (tertiary/aromatic N) is 1. The van der Waals surface area contributed by atoms with Crippen LogP contribution in [-0.2, 0) is 9.53 Å². The van der Waals surface area contributed by atoms with E-state index >= 15 is 0 Å². The van der Waals surface area contributed by atoms with Crippen LogP contribution >= 0.6 is 0 Å². The van der Waals surface area contributed by atoms with Gasteiger partial charge < -0.3 is 19.9 Å². The molecule has 84 valence electrons. The minimum absolute atomic E-state index is 0.104. The van der Waals surface area contributed by atoms with Crippen molar-refractivity contribution in [3.05, 3.63) is 11.8 Å². The van der Waals surface area contributed by atoms with Crippen molar-refractivity contribution in [1.29, 1.82) is 0 Å². The minimum Gasteiger partial charge on any atom is -0.383 e. The maximum Gasteiger partial charge on any atom is 0.239 e. The fourth-order valence-electron chi connectivity index (χ4n) is 0.976. The largest absolute Gasteiger partial charge is 0.383 e. The minimum atomic E-state index is -0.104. The van der Waals surface area contributed by atoms with Crippen molar-refractivity contribution in [3.63, 3.8) is 0 Å². The van der Waals surface area contributed by atoms with Gasteiger partial charge in [-0.3, -0.25) is 4.79 Å². The van der Waals surface area contributed by atoms with Crippen molar-refractivity contribution in [2.24, 2.45) is 0 Å². The molecule has 0 radical (unpaired) electrons. The van der Waals surface area contributed by atoms with Crippen molar-refractivity contribution in [3.8, 4) is 0 Å². The molecule has 1 aromatic rings. The quantitative estimate of drug-likeness (QED) is 0.658. The first kappa shape index (κ1) is 11.5. The molecular formula is C9H15N3O3. The Balaban J connectivity index is 2.16. The summed E-state index contributed by atoms with van der Waals surface area (Å²) < 4.78 is 9.63. The van der Waals surface area contributed by atoms with E-state index < -0.39 is 0 Å². The lowest BCUT2D eigenvalue weighted by atomic mass is 10.4. The van der Waals surface area contributed by atoms with Crippen LogP contribution in [0.1, 0.15) is 5.76 Å². The van der Waals surface area contributed by atoms with Crippen molar-refractivity contribution in [1.82, 2.24) is 10.5 Å². The van der Waals surface area contributed by atoms with E-state index in [0.29, 0.717) is 24.7 Å². The molecule has 6 nitrogen and oxygen atoms in total. The number of hydrogen-bond donors (Lipinski definition) is 2. The summed E-state index contributed by atoms with van der Waals surface area (Å²) in [5, 5.41) is 9.20. The van der Waals surface area contributed by atoms with E-state index in [2.05, 4.69) is 15.8 Å². The van der Waals surface area contributed by atoms with Gasteiger partial charge in [0, 0.05) is 19.7 Å². The highest BCUT2D eigenvalue weighted by molar-refractivity contribution is 5.80. The van der Waals surface area contributed by atoms with Gasteiger partial charge in [0.15, 0.2) is 5.82 Å². The van der Waals surface area contributed by atoms with E-state index in [9.17, 15) is 4.79 Å². The standard InChI is InChI=1S/C9H15N3O3/c1-7-5-8(12-15-7)11-6-9(13)10-3-4-14-2/h5H,3-4,6H2,1-2H3,(H,10,13)(H,11,12).